The highest BCUT2D eigenvalue weighted by Crippen LogP contribution is 2.49. The first-order valence-electron chi connectivity index (χ1n) is 10.4. The van der Waals surface area contributed by atoms with Gasteiger partial charge in [-0.25, -0.2) is 9.99 Å². The molecule has 3 aromatic rings. The molecule has 30 heavy (non-hydrogen) atoms. The van der Waals surface area contributed by atoms with Crippen molar-refractivity contribution in [2.24, 2.45) is 0 Å². The van der Waals surface area contributed by atoms with E-state index in [0.29, 0.717) is 0 Å². The maximum Gasteiger partial charge on any atom is 0.255 e. The zero-order valence-electron chi connectivity index (χ0n) is 16.8. The molecule has 1 atom stereocenters. The van der Waals surface area contributed by atoms with Crippen LogP contribution in [0, 0.1) is 0 Å². The van der Waals surface area contributed by atoms with Gasteiger partial charge in [-0.2, -0.15) is 0 Å². The molecular formula is C22H24N4O2S2. The van der Waals surface area contributed by atoms with E-state index in [4.69, 9.17) is 0 Å². The van der Waals surface area contributed by atoms with Gasteiger partial charge in [-0.05, 0) is 19.8 Å². The number of fused-ring (bicyclic) bond motifs is 1. The van der Waals surface area contributed by atoms with Crippen LogP contribution in [0.4, 0.5) is 0 Å². The molecule has 1 saturated heterocycles. The van der Waals surface area contributed by atoms with E-state index in [9.17, 15) is 9.59 Å². The van der Waals surface area contributed by atoms with Crippen LogP contribution < -0.4 is 5.43 Å². The summed E-state index contributed by atoms with van der Waals surface area (Å²) in [7, 11) is 0. The van der Waals surface area contributed by atoms with E-state index in [-0.39, 0.29) is 28.4 Å². The molecule has 1 unspecified atom stereocenters. The second-order valence-electron chi connectivity index (χ2n) is 8.02. The number of nitrogens with one attached hydrogen (secondary N) is 1. The molecule has 0 radical (unpaired) electrons. The van der Waals surface area contributed by atoms with Gasteiger partial charge in [0.25, 0.3) is 5.91 Å². The van der Waals surface area contributed by atoms with Crippen molar-refractivity contribution in [3.63, 3.8) is 0 Å². The van der Waals surface area contributed by atoms with Gasteiger partial charge in [0.05, 0.1) is 17.4 Å². The number of hydrogen-bond donors (Lipinski definition) is 1. The fraction of sp³-hybridized carbons (Fsp3) is 0.409. The number of hydrazine groups is 1. The van der Waals surface area contributed by atoms with E-state index in [0.717, 1.165) is 47.6 Å². The predicted molar refractivity (Wildman–Crippen MR) is 120 cm³/mol. The highest BCUT2D eigenvalue weighted by Gasteiger charge is 2.51. The number of amides is 2. The number of hydrogen-bond acceptors (Lipinski definition) is 5. The van der Waals surface area contributed by atoms with Crippen LogP contribution in [0.1, 0.15) is 44.7 Å². The Hall–Kier alpha value is -2.32. The van der Waals surface area contributed by atoms with E-state index in [2.05, 4.69) is 10.4 Å². The van der Waals surface area contributed by atoms with Crippen molar-refractivity contribution in [2.45, 2.75) is 55.6 Å². The van der Waals surface area contributed by atoms with E-state index in [1.807, 2.05) is 53.2 Å². The van der Waals surface area contributed by atoms with Gasteiger partial charge >= 0.3 is 0 Å². The zero-order valence-corrected chi connectivity index (χ0v) is 18.5. The smallest absolute Gasteiger partial charge is 0.255 e. The molecule has 2 aromatic heterocycles. The fourth-order valence-corrected chi connectivity index (χ4v) is 6.95. The molecule has 1 aliphatic heterocycles. The van der Waals surface area contributed by atoms with E-state index in [1.54, 1.807) is 16.8 Å². The van der Waals surface area contributed by atoms with Crippen molar-refractivity contribution in [3.8, 4) is 11.3 Å². The summed E-state index contributed by atoms with van der Waals surface area (Å²) < 4.78 is 1.98. The first kappa shape index (κ1) is 19.6. The standard InChI is InChI=1S/C22H24N4O2S2/c1-15-20(28)26(22(30-15)10-6-3-7-11-22)24-19(27)12-17-14-29-21-23-18(13-25(17)21)16-8-4-2-5-9-16/h2,4-5,8-9,13-15H,3,6-7,10-12H2,1H3,(H,24,27). The molecule has 6 nitrogen and oxygen atoms in total. The van der Waals surface area contributed by atoms with Crippen LogP contribution in [0.2, 0.25) is 0 Å². The number of imidazole rings is 1. The van der Waals surface area contributed by atoms with E-state index < -0.39 is 0 Å². The van der Waals surface area contributed by atoms with Gasteiger partial charge in [-0.1, -0.05) is 49.6 Å². The minimum atomic E-state index is -0.274. The van der Waals surface area contributed by atoms with Gasteiger partial charge in [0.1, 0.15) is 4.87 Å². The first-order valence-corrected chi connectivity index (χ1v) is 12.1. The summed E-state index contributed by atoms with van der Waals surface area (Å²) in [4.78, 5) is 31.0. The molecule has 2 amide bonds. The number of benzene rings is 1. The van der Waals surface area contributed by atoms with Crippen LogP contribution >= 0.6 is 23.1 Å². The molecule has 1 spiro atoms. The minimum absolute atomic E-state index is 0.0136. The number of carbonyl (C=O) groups is 2. The first-order chi connectivity index (χ1) is 14.6. The van der Waals surface area contributed by atoms with E-state index in [1.165, 1.54) is 17.8 Å². The largest absolute Gasteiger partial charge is 0.294 e. The summed E-state index contributed by atoms with van der Waals surface area (Å²) in [5.74, 6) is -0.141. The molecular weight excluding hydrogens is 416 g/mol. The number of rotatable bonds is 4. The lowest BCUT2D eigenvalue weighted by Crippen LogP contribution is -2.55. The number of thiazole rings is 1. The predicted octanol–water partition coefficient (Wildman–Crippen LogP) is 4.26. The van der Waals surface area contributed by atoms with Crippen molar-refractivity contribution in [3.05, 3.63) is 47.6 Å². The summed E-state index contributed by atoms with van der Waals surface area (Å²) in [6, 6.07) is 10.0. The van der Waals surface area contributed by atoms with E-state index >= 15 is 0 Å². The van der Waals surface area contributed by atoms with Crippen molar-refractivity contribution < 1.29 is 9.59 Å². The third-order valence-corrected chi connectivity index (χ3v) is 8.41. The van der Waals surface area contributed by atoms with Crippen molar-refractivity contribution in [1.29, 1.82) is 0 Å². The Kier molecular flexibility index (Phi) is 5.06. The monoisotopic (exact) mass is 440 g/mol. The fourth-order valence-electron chi connectivity index (χ4n) is 4.45. The van der Waals surface area contributed by atoms with Crippen molar-refractivity contribution in [2.75, 3.05) is 0 Å². The van der Waals surface area contributed by atoms with Crippen molar-refractivity contribution in [1.82, 2.24) is 19.8 Å². The Morgan fingerprint density at radius 2 is 2.00 bits per heavy atom. The van der Waals surface area contributed by atoms with Crippen molar-refractivity contribution >= 4 is 39.9 Å². The number of thioether (sulfide) groups is 1. The Labute approximate surface area is 183 Å². The summed E-state index contributed by atoms with van der Waals surface area (Å²) in [6.45, 7) is 1.94. The minimum Gasteiger partial charge on any atom is -0.294 e. The summed E-state index contributed by atoms with van der Waals surface area (Å²) in [6.07, 6.45) is 7.47. The summed E-state index contributed by atoms with van der Waals surface area (Å²) >= 11 is 3.23. The Bertz CT molecular complexity index is 1090. The highest BCUT2D eigenvalue weighted by atomic mass is 32.2. The third kappa shape index (κ3) is 3.41. The normalized spacial score (nSPS) is 20.9. The van der Waals surface area contributed by atoms with Crippen LogP contribution in [0.25, 0.3) is 16.2 Å². The van der Waals surface area contributed by atoms with Crippen LogP contribution in [0.3, 0.4) is 0 Å². The van der Waals surface area contributed by atoms with Crippen LogP contribution in [0.5, 0.6) is 0 Å². The summed E-state index contributed by atoms with van der Waals surface area (Å²) in [5, 5.41) is 3.51. The Morgan fingerprint density at radius 1 is 1.23 bits per heavy atom. The molecule has 1 aliphatic carbocycles. The molecule has 5 rings (SSSR count). The lowest BCUT2D eigenvalue weighted by atomic mass is 9.94. The quantitative estimate of drug-likeness (QED) is 0.658. The molecule has 8 heteroatoms. The summed E-state index contributed by atoms with van der Waals surface area (Å²) in [5.41, 5.74) is 5.78. The SMILES string of the molecule is CC1SC2(CCCCC2)N(NC(=O)Cc2csc3nc(-c4ccccc4)cn23)C1=O. The molecule has 1 aromatic carbocycles. The molecule has 1 N–H and O–H groups in total. The topological polar surface area (TPSA) is 66.7 Å². The Morgan fingerprint density at radius 3 is 2.77 bits per heavy atom. The van der Waals surface area contributed by atoms with Crippen LogP contribution in [0.15, 0.2) is 41.9 Å². The lowest BCUT2D eigenvalue weighted by Gasteiger charge is -2.40. The molecule has 2 fully saturated rings. The molecule has 3 heterocycles. The Balaban J connectivity index is 1.34. The number of carbonyl (C=O) groups excluding carboxylic acids is 2. The zero-order chi connectivity index (χ0) is 20.7. The van der Waals surface area contributed by atoms with Gasteiger partial charge in [-0.3, -0.25) is 19.4 Å². The second kappa shape index (κ2) is 7.74. The van der Waals surface area contributed by atoms with Gasteiger partial charge in [0.15, 0.2) is 4.96 Å². The second-order valence-corrected chi connectivity index (χ2v) is 10.6. The molecule has 0 bridgehead atoms. The van der Waals surface area contributed by atoms with Crippen LogP contribution in [-0.2, 0) is 16.0 Å². The lowest BCUT2D eigenvalue weighted by molar-refractivity contribution is -0.144. The van der Waals surface area contributed by atoms with Gasteiger partial charge in [-0.15, -0.1) is 23.1 Å². The number of aromatic nitrogens is 2. The maximum absolute atomic E-state index is 12.9. The molecule has 2 aliphatic rings. The average Bonchev–Trinajstić information content (AvgIpc) is 3.40. The average molecular weight is 441 g/mol. The molecule has 156 valence electrons. The van der Waals surface area contributed by atoms with Gasteiger partial charge < -0.3 is 0 Å². The highest BCUT2D eigenvalue weighted by molar-refractivity contribution is 8.02. The molecule has 1 saturated carbocycles. The van der Waals surface area contributed by atoms with Gasteiger partial charge in [0, 0.05) is 22.8 Å². The third-order valence-electron chi connectivity index (χ3n) is 5.94. The van der Waals surface area contributed by atoms with Gasteiger partial charge in [0.2, 0.25) is 5.91 Å². The van der Waals surface area contributed by atoms with Crippen LogP contribution in [-0.4, -0.2) is 36.3 Å². The number of nitrogens with zero attached hydrogens (tertiary/aromatic N) is 3. The maximum atomic E-state index is 12.9.